The summed E-state index contributed by atoms with van der Waals surface area (Å²) in [6, 6.07) is 0. The molecule has 0 bridgehead atoms. The van der Waals surface area contributed by atoms with Crippen LogP contribution in [0.1, 0.15) is 71.1 Å². The summed E-state index contributed by atoms with van der Waals surface area (Å²) in [5, 5.41) is 11.0. The quantitative estimate of drug-likeness (QED) is 0.432. The Balaban J connectivity index is 3.57. The van der Waals surface area contributed by atoms with Gasteiger partial charge in [-0.05, 0) is 30.9 Å². The first kappa shape index (κ1) is 16.8. The lowest BCUT2D eigenvalue weighted by atomic mass is 9.95. The lowest BCUT2D eigenvalue weighted by molar-refractivity contribution is -0.312. The Kier molecular flexibility index (Phi) is 12.2. The van der Waals surface area contributed by atoms with E-state index in [1.54, 1.807) is 0 Å². The van der Waals surface area contributed by atoms with E-state index in [0.717, 1.165) is 50.7 Å². The first-order valence-electron chi connectivity index (χ1n) is 7.04. The highest BCUT2D eigenvalue weighted by Crippen LogP contribution is 2.17. The van der Waals surface area contributed by atoms with Crippen molar-refractivity contribution < 1.29 is 9.90 Å². The fraction of sp³-hybridized carbons (Fsp3) is 0.929. The average molecular weight is 259 g/mol. The van der Waals surface area contributed by atoms with E-state index in [4.69, 9.17) is 0 Å². The number of hydrogen-bond acceptors (Lipinski definition) is 3. The van der Waals surface area contributed by atoms with Gasteiger partial charge in [-0.2, -0.15) is 12.6 Å². The maximum absolute atomic E-state index is 11.0. The standard InChI is InChI=1S/C14H28O2S/c1-2-3-4-7-10-13(14(15)16)11-8-5-6-9-12-17/h13,17H,2-12H2,1H3,(H,15,16)/p-1. The minimum absolute atomic E-state index is 0.220. The summed E-state index contributed by atoms with van der Waals surface area (Å²) < 4.78 is 0. The van der Waals surface area contributed by atoms with Gasteiger partial charge in [0, 0.05) is 5.97 Å². The third-order valence-electron chi connectivity index (χ3n) is 3.20. The Morgan fingerprint density at radius 2 is 1.53 bits per heavy atom. The Labute approximate surface area is 112 Å². The zero-order valence-electron chi connectivity index (χ0n) is 11.1. The van der Waals surface area contributed by atoms with Gasteiger partial charge >= 0.3 is 0 Å². The average Bonchev–Trinajstić information content (AvgIpc) is 2.31. The number of unbranched alkanes of at least 4 members (excludes halogenated alkanes) is 6. The highest BCUT2D eigenvalue weighted by atomic mass is 32.1. The topological polar surface area (TPSA) is 40.1 Å². The first-order chi connectivity index (χ1) is 8.22. The molecule has 0 aliphatic heterocycles. The van der Waals surface area contributed by atoms with Crippen molar-refractivity contribution in [2.45, 2.75) is 71.1 Å². The van der Waals surface area contributed by atoms with Crippen molar-refractivity contribution in [1.82, 2.24) is 0 Å². The molecule has 0 aromatic carbocycles. The molecular weight excluding hydrogens is 232 g/mol. The summed E-state index contributed by atoms with van der Waals surface area (Å²) in [5.74, 6) is -0.139. The summed E-state index contributed by atoms with van der Waals surface area (Å²) in [7, 11) is 0. The van der Waals surface area contributed by atoms with Gasteiger partial charge in [-0.3, -0.25) is 0 Å². The number of thiol groups is 1. The fourth-order valence-electron chi connectivity index (χ4n) is 2.05. The van der Waals surface area contributed by atoms with Crippen LogP contribution in [0, 0.1) is 5.92 Å². The van der Waals surface area contributed by atoms with E-state index in [0.29, 0.717) is 0 Å². The van der Waals surface area contributed by atoms with Crippen LogP contribution in [0.25, 0.3) is 0 Å². The molecule has 0 saturated heterocycles. The molecule has 0 aromatic heterocycles. The molecule has 17 heavy (non-hydrogen) atoms. The molecule has 0 spiro atoms. The molecule has 0 N–H and O–H groups in total. The summed E-state index contributed by atoms with van der Waals surface area (Å²) in [6.07, 6.45) is 10.6. The zero-order chi connectivity index (χ0) is 12.9. The van der Waals surface area contributed by atoms with Gasteiger partial charge in [0.05, 0.1) is 0 Å². The second-order valence-electron chi connectivity index (χ2n) is 4.79. The zero-order valence-corrected chi connectivity index (χ0v) is 12.0. The summed E-state index contributed by atoms with van der Waals surface area (Å²) in [4.78, 5) is 11.0. The lowest BCUT2D eigenvalue weighted by Gasteiger charge is -2.17. The molecule has 0 aromatic rings. The third kappa shape index (κ3) is 10.7. The van der Waals surface area contributed by atoms with E-state index < -0.39 is 5.97 Å². The largest absolute Gasteiger partial charge is 0.550 e. The van der Waals surface area contributed by atoms with Crippen LogP contribution in [0.5, 0.6) is 0 Å². The van der Waals surface area contributed by atoms with E-state index in [1.807, 2.05) is 0 Å². The molecule has 0 heterocycles. The Morgan fingerprint density at radius 1 is 1.00 bits per heavy atom. The maximum atomic E-state index is 11.0. The monoisotopic (exact) mass is 259 g/mol. The van der Waals surface area contributed by atoms with E-state index >= 15 is 0 Å². The number of carbonyl (C=O) groups is 1. The predicted molar refractivity (Wildman–Crippen MR) is 74.2 cm³/mol. The third-order valence-corrected chi connectivity index (χ3v) is 3.52. The smallest absolute Gasteiger partial charge is 0.0445 e. The SMILES string of the molecule is CCCCCCC(CCCCCCS)C(=O)[O-]. The molecule has 102 valence electrons. The van der Waals surface area contributed by atoms with Crippen LogP contribution in [0.4, 0.5) is 0 Å². The molecule has 3 heteroatoms. The van der Waals surface area contributed by atoms with Gasteiger partial charge in [-0.25, -0.2) is 0 Å². The molecule has 0 rings (SSSR count). The van der Waals surface area contributed by atoms with Crippen LogP contribution >= 0.6 is 12.6 Å². The molecular formula is C14H27O2S-. The van der Waals surface area contributed by atoms with Gasteiger partial charge in [0.2, 0.25) is 0 Å². The van der Waals surface area contributed by atoms with Gasteiger partial charge in [-0.1, -0.05) is 51.9 Å². The van der Waals surface area contributed by atoms with Gasteiger partial charge in [-0.15, -0.1) is 0 Å². The number of hydrogen-bond donors (Lipinski definition) is 1. The summed E-state index contributed by atoms with van der Waals surface area (Å²) in [5.41, 5.74) is 0. The summed E-state index contributed by atoms with van der Waals surface area (Å²) >= 11 is 4.16. The normalized spacial score (nSPS) is 12.6. The van der Waals surface area contributed by atoms with Crippen LogP contribution in [0.15, 0.2) is 0 Å². The number of rotatable bonds is 12. The van der Waals surface area contributed by atoms with Crippen molar-refractivity contribution in [3.63, 3.8) is 0 Å². The minimum Gasteiger partial charge on any atom is -0.550 e. The Bertz CT molecular complexity index is 183. The second kappa shape index (κ2) is 12.3. The number of carbonyl (C=O) groups excluding carboxylic acids is 1. The Hall–Kier alpha value is -0.180. The Morgan fingerprint density at radius 3 is 2.00 bits per heavy atom. The fourth-order valence-corrected chi connectivity index (χ4v) is 2.28. The maximum Gasteiger partial charge on any atom is 0.0445 e. The van der Waals surface area contributed by atoms with Crippen molar-refractivity contribution in [3.05, 3.63) is 0 Å². The molecule has 0 aliphatic rings. The van der Waals surface area contributed by atoms with Gasteiger partial charge in [0.1, 0.15) is 0 Å². The van der Waals surface area contributed by atoms with Crippen molar-refractivity contribution in [2.75, 3.05) is 5.75 Å². The van der Waals surface area contributed by atoms with Gasteiger partial charge in [0.25, 0.3) is 0 Å². The van der Waals surface area contributed by atoms with Crippen LogP contribution in [-0.4, -0.2) is 11.7 Å². The van der Waals surface area contributed by atoms with Gasteiger partial charge in [0.15, 0.2) is 0 Å². The van der Waals surface area contributed by atoms with Crippen LogP contribution in [0.3, 0.4) is 0 Å². The van der Waals surface area contributed by atoms with Crippen molar-refractivity contribution in [2.24, 2.45) is 5.92 Å². The highest BCUT2D eigenvalue weighted by molar-refractivity contribution is 7.80. The molecule has 1 atom stereocenters. The number of carboxylic acid groups (broad SMARTS) is 1. The van der Waals surface area contributed by atoms with E-state index in [1.165, 1.54) is 19.3 Å². The summed E-state index contributed by atoms with van der Waals surface area (Å²) in [6.45, 7) is 2.16. The molecule has 0 aliphatic carbocycles. The van der Waals surface area contributed by atoms with Crippen molar-refractivity contribution in [1.29, 1.82) is 0 Å². The van der Waals surface area contributed by atoms with E-state index in [-0.39, 0.29) is 5.92 Å². The second-order valence-corrected chi connectivity index (χ2v) is 5.24. The van der Waals surface area contributed by atoms with Gasteiger partial charge < -0.3 is 9.90 Å². The predicted octanol–water partition coefficient (Wildman–Crippen LogP) is 3.20. The van der Waals surface area contributed by atoms with Crippen LogP contribution in [-0.2, 0) is 4.79 Å². The van der Waals surface area contributed by atoms with Crippen LogP contribution < -0.4 is 5.11 Å². The van der Waals surface area contributed by atoms with E-state index in [2.05, 4.69) is 19.6 Å². The van der Waals surface area contributed by atoms with Crippen molar-refractivity contribution >= 4 is 18.6 Å². The molecule has 0 radical (unpaired) electrons. The molecule has 2 nitrogen and oxygen atoms in total. The molecule has 1 unspecified atom stereocenters. The molecule has 0 fully saturated rings. The number of aliphatic carboxylic acids is 1. The van der Waals surface area contributed by atoms with Crippen LogP contribution in [0.2, 0.25) is 0 Å². The molecule has 0 amide bonds. The lowest BCUT2D eigenvalue weighted by Crippen LogP contribution is -2.31. The molecule has 0 saturated carbocycles. The minimum atomic E-state index is -0.851. The van der Waals surface area contributed by atoms with E-state index in [9.17, 15) is 9.90 Å². The number of carboxylic acids is 1. The van der Waals surface area contributed by atoms with Crippen molar-refractivity contribution in [3.8, 4) is 0 Å². The highest BCUT2D eigenvalue weighted by Gasteiger charge is 2.09. The first-order valence-corrected chi connectivity index (χ1v) is 7.67.